The molecule has 0 saturated carbocycles. The number of nitrogens with zero attached hydrogens (tertiary/aromatic N) is 2. The minimum absolute atomic E-state index is 0.264. The topological polar surface area (TPSA) is 42.0 Å². The Labute approximate surface area is 125 Å². The molecular formula is C16H22N2O3. The average molecular weight is 290 g/mol. The van der Waals surface area contributed by atoms with Crippen molar-refractivity contribution in [2.75, 3.05) is 51.4 Å². The zero-order valence-electron chi connectivity index (χ0n) is 12.7. The molecule has 3 rings (SSSR count). The molecule has 0 atom stereocenters. The minimum Gasteiger partial charge on any atom is -0.465 e. The van der Waals surface area contributed by atoms with Crippen LogP contribution in [0, 0.1) is 6.92 Å². The minimum atomic E-state index is -0.264. The molecule has 0 spiro atoms. The van der Waals surface area contributed by atoms with Crippen LogP contribution < -0.4 is 4.90 Å². The number of methoxy groups -OCH3 is 1. The van der Waals surface area contributed by atoms with Crippen molar-refractivity contribution < 1.29 is 14.3 Å². The van der Waals surface area contributed by atoms with Crippen molar-refractivity contribution in [2.45, 2.75) is 13.0 Å². The normalized spacial score (nSPS) is 20.2. The van der Waals surface area contributed by atoms with Crippen LogP contribution in [0.5, 0.6) is 0 Å². The fraction of sp³-hybridized carbons (Fsp3) is 0.562. The van der Waals surface area contributed by atoms with E-state index >= 15 is 0 Å². The van der Waals surface area contributed by atoms with Gasteiger partial charge in [0.1, 0.15) is 0 Å². The summed E-state index contributed by atoms with van der Waals surface area (Å²) in [6, 6.07) is 6.62. The van der Waals surface area contributed by atoms with Gasteiger partial charge in [0.2, 0.25) is 0 Å². The first kappa shape index (κ1) is 14.4. The van der Waals surface area contributed by atoms with E-state index in [2.05, 4.69) is 15.9 Å². The van der Waals surface area contributed by atoms with Crippen molar-refractivity contribution in [3.05, 3.63) is 29.3 Å². The molecule has 2 aliphatic rings. The predicted octanol–water partition coefficient (Wildman–Crippen LogP) is 1.30. The van der Waals surface area contributed by atoms with E-state index in [4.69, 9.17) is 9.47 Å². The third-order valence-electron chi connectivity index (χ3n) is 4.42. The summed E-state index contributed by atoms with van der Waals surface area (Å²) in [6.45, 7) is 7.71. The highest BCUT2D eigenvalue weighted by Gasteiger charge is 2.33. The molecule has 1 aromatic carbocycles. The monoisotopic (exact) mass is 290 g/mol. The van der Waals surface area contributed by atoms with Crippen LogP contribution in [0.3, 0.4) is 0 Å². The molecule has 2 saturated heterocycles. The van der Waals surface area contributed by atoms with Crippen molar-refractivity contribution in [3.63, 3.8) is 0 Å². The van der Waals surface area contributed by atoms with E-state index in [9.17, 15) is 4.79 Å². The van der Waals surface area contributed by atoms with E-state index in [1.54, 1.807) is 0 Å². The van der Waals surface area contributed by atoms with Crippen LogP contribution in [0.1, 0.15) is 15.9 Å². The second kappa shape index (κ2) is 6.03. The number of morpholine rings is 1. The number of anilines is 1. The van der Waals surface area contributed by atoms with Gasteiger partial charge < -0.3 is 14.4 Å². The smallest absolute Gasteiger partial charge is 0.338 e. The molecule has 2 fully saturated rings. The second-order valence-electron chi connectivity index (χ2n) is 5.70. The first-order valence-electron chi connectivity index (χ1n) is 7.45. The standard InChI is InChI=1S/C16H22N2O3/c1-12-3-4-13(9-15(12)16(19)20-2)18-10-14(11-18)17-5-7-21-8-6-17/h3-4,9,14H,5-8,10-11H2,1-2H3. The van der Waals surface area contributed by atoms with Crippen LogP contribution in [0.4, 0.5) is 5.69 Å². The molecule has 5 heteroatoms. The van der Waals surface area contributed by atoms with Crippen molar-refractivity contribution in [1.29, 1.82) is 0 Å². The fourth-order valence-corrected chi connectivity index (χ4v) is 2.98. The number of benzene rings is 1. The summed E-state index contributed by atoms with van der Waals surface area (Å²) in [7, 11) is 1.42. The Hall–Kier alpha value is -1.59. The van der Waals surface area contributed by atoms with E-state index in [1.807, 2.05) is 19.1 Å². The molecular weight excluding hydrogens is 268 g/mol. The largest absolute Gasteiger partial charge is 0.465 e. The number of carbonyl (C=O) groups is 1. The van der Waals surface area contributed by atoms with Gasteiger partial charge in [0, 0.05) is 37.9 Å². The van der Waals surface area contributed by atoms with Gasteiger partial charge in [-0.3, -0.25) is 4.90 Å². The van der Waals surface area contributed by atoms with Crippen molar-refractivity contribution in [1.82, 2.24) is 4.90 Å². The first-order chi connectivity index (χ1) is 10.2. The van der Waals surface area contributed by atoms with E-state index in [1.165, 1.54) is 7.11 Å². The van der Waals surface area contributed by atoms with Crippen LogP contribution in [-0.4, -0.2) is 63.4 Å². The number of ether oxygens (including phenoxy) is 2. The van der Waals surface area contributed by atoms with Gasteiger partial charge in [-0.15, -0.1) is 0 Å². The zero-order valence-corrected chi connectivity index (χ0v) is 12.7. The summed E-state index contributed by atoms with van der Waals surface area (Å²) in [5.41, 5.74) is 2.71. The molecule has 21 heavy (non-hydrogen) atoms. The highest BCUT2D eigenvalue weighted by atomic mass is 16.5. The van der Waals surface area contributed by atoms with E-state index in [0.29, 0.717) is 11.6 Å². The summed E-state index contributed by atoms with van der Waals surface area (Å²) < 4.78 is 10.2. The van der Waals surface area contributed by atoms with Gasteiger partial charge in [0.25, 0.3) is 0 Å². The molecule has 2 heterocycles. The van der Waals surface area contributed by atoms with Gasteiger partial charge in [-0.2, -0.15) is 0 Å². The SMILES string of the molecule is COC(=O)c1cc(N2CC(N3CCOCC3)C2)ccc1C. The van der Waals surface area contributed by atoms with Gasteiger partial charge in [-0.1, -0.05) is 6.07 Å². The summed E-state index contributed by atoms with van der Waals surface area (Å²) in [4.78, 5) is 16.6. The lowest BCUT2D eigenvalue weighted by atomic mass is 10.0. The molecule has 0 unspecified atom stereocenters. The maximum absolute atomic E-state index is 11.8. The third kappa shape index (κ3) is 2.89. The maximum atomic E-state index is 11.8. The molecule has 0 N–H and O–H groups in total. The van der Waals surface area contributed by atoms with E-state index in [-0.39, 0.29) is 5.97 Å². The highest BCUT2D eigenvalue weighted by molar-refractivity contribution is 5.92. The summed E-state index contributed by atoms with van der Waals surface area (Å²) >= 11 is 0. The Bertz CT molecular complexity index is 520. The van der Waals surface area contributed by atoms with E-state index < -0.39 is 0 Å². The third-order valence-corrected chi connectivity index (χ3v) is 4.42. The van der Waals surface area contributed by atoms with Crippen molar-refractivity contribution in [3.8, 4) is 0 Å². The lowest BCUT2D eigenvalue weighted by Crippen LogP contribution is -2.61. The maximum Gasteiger partial charge on any atom is 0.338 e. The molecule has 0 bridgehead atoms. The van der Waals surface area contributed by atoms with Crippen LogP contribution in [0.15, 0.2) is 18.2 Å². The lowest BCUT2D eigenvalue weighted by Gasteiger charge is -2.47. The quantitative estimate of drug-likeness (QED) is 0.785. The molecule has 0 aromatic heterocycles. The van der Waals surface area contributed by atoms with Gasteiger partial charge in [0.05, 0.1) is 25.9 Å². The molecule has 0 aliphatic carbocycles. The predicted molar refractivity (Wildman–Crippen MR) is 80.9 cm³/mol. The van der Waals surface area contributed by atoms with Crippen LogP contribution >= 0.6 is 0 Å². The van der Waals surface area contributed by atoms with Gasteiger partial charge in [0.15, 0.2) is 0 Å². The Morgan fingerprint density at radius 1 is 1.29 bits per heavy atom. The molecule has 1 aromatic rings. The Balaban J connectivity index is 1.65. The Kier molecular flexibility index (Phi) is 4.12. The summed E-state index contributed by atoms with van der Waals surface area (Å²) in [5, 5.41) is 0. The molecule has 2 aliphatic heterocycles. The average Bonchev–Trinajstić information content (AvgIpc) is 2.48. The summed E-state index contributed by atoms with van der Waals surface area (Å²) in [5.74, 6) is -0.264. The Morgan fingerprint density at radius 2 is 2.00 bits per heavy atom. The van der Waals surface area contributed by atoms with Crippen LogP contribution in [0.25, 0.3) is 0 Å². The highest BCUT2D eigenvalue weighted by Crippen LogP contribution is 2.26. The summed E-state index contributed by atoms with van der Waals surface area (Å²) in [6.07, 6.45) is 0. The van der Waals surface area contributed by atoms with E-state index in [0.717, 1.165) is 50.6 Å². The second-order valence-corrected chi connectivity index (χ2v) is 5.70. The molecule has 0 radical (unpaired) electrons. The van der Waals surface area contributed by atoms with Gasteiger partial charge >= 0.3 is 5.97 Å². The lowest BCUT2D eigenvalue weighted by molar-refractivity contribution is 0.0105. The van der Waals surface area contributed by atoms with Crippen LogP contribution in [0.2, 0.25) is 0 Å². The fourth-order valence-electron chi connectivity index (χ4n) is 2.98. The number of carbonyl (C=O) groups excluding carboxylic acids is 1. The number of aryl methyl sites for hydroxylation is 1. The van der Waals surface area contributed by atoms with Crippen molar-refractivity contribution in [2.24, 2.45) is 0 Å². The Morgan fingerprint density at radius 3 is 2.67 bits per heavy atom. The van der Waals surface area contributed by atoms with Crippen LogP contribution in [-0.2, 0) is 9.47 Å². The number of hydrogen-bond acceptors (Lipinski definition) is 5. The number of esters is 1. The van der Waals surface area contributed by atoms with Gasteiger partial charge in [-0.25, -0.2) is 4.79 Å². The molecule has 0 amide bonds. The number of hydrogen-bond donors (Lipinski definition) is 0. The number of rotatable bonds is 3. The first-order valence-corrected chi connectivity index (χ1v) is 7.45. The van der Waals surface area contributed by atoms with Gasteiger partial charge in [-0.05, 0) is 24.6 Å². The zero-order chi connectivity index (χ0) is 14.8. The molecule has 114 valence electrons. The van der Waals surface area contributed by atoms with Crippen molar-refractivity contribution >= 4 is 11.7 Å². The molecule has 5 nitrogen and oxygen atoms in total.